The van der Waals surface area contributed by atoms with Crippen molar-refractivity contribution >= 4 is 26.8 Å². The number of aromatic nitrogens is 2. The minimum absolute atomic E-state index is 0.0107. The van der Waals surface area contributed by atoms with Crippen LogP contribution in [0.1, 0.15) is 17.0 Å². The van der Waals surface area contributed by atoms with Gasteiger partial charge in [-0.3, -0.25) is 4.79 Å². The molecule has 2 N–H and O–H groups in total. The van der Waals surface area contributed by atoms with E-state index in [9.17, 15) is 13.2 Å². The van der Waals surface area contributed by atoms with Crippen LogP contribution in [0.2, 0.25) is 0 Å². The molecule has 0 spiro atoms. The molecular weight excluding hydrogens is 368 g/mol. The molecule has 3 rings (SSSR count). The van der Waals surface area contributed by atoms with Crippen LogP contribution in [0.4, 0.5) is 0 Å². The molecule has 0 aliphatic carbocycles. The first-order chi connectivity index (χ1) is 12.8. The van der Waals surface area contributed by atoms with Crippen LogP contribution in [0.15, 0.2) is 39.9 Å². The van der Waals surface area contributed by atoms with Gasteiger partial charge < -0.3 is 14.8 Å². The first-order valence-electron chi connectivity index (χ1n) is 8.51. The lowest BCUT2D eigenvalue weighted by Gasteiger charge is -2.16. The second-order valence-electron chi connectivity index (χ2n) is 6.37. The Balaban J connectivity index is 1.57. The predicted molar refractivity (Wildman–Crippen MR) is 101 cm³/mol. The maximum absolute atomic E-state index is 12.6. The molecule has 1 aromatic carbocycles. The van der Waals surface area contributed by atoms with Crippen molar-refractivity contribution in [2.75, 3.05) is 20.1 Å². The van der Waals surface area contributed by atoms with Gasteiger partial charge in [0.2, 0.25) is 15.9 Å². The zero-order valence-electron chi connectivity index (χ0n) is 15.4. The molecule has 0 atom stereocenters. The third-order valence-electron chi connectivity index (χ3n) is 4.39. The number of hydrogen-bond acceptors (Lipinski definition) is 5. The molecule has 1 amide bonds. The first-order valence-corrected chi connectivity index (χ1v) is 9.95. The number of benzene rings is 1. The standard InChI is InChI=1S/C18H22N4O4S/c1-12-18(13(2)26-21-12)27(24,25)22(3)11-17(23)19-9-8-14-10-20-16-7-5-4-6-15(14)16/h4-7,10,20H,8-9,11H2,1-3H3,(H,19,23). The maximum Gasteiger partial charge on any atom is 0.248 e. The molecule has 2 aromatic heterocycles. The zero-order chi connectivity index (χ0) is 19.6. The van der Waals surface area contributed by atoms with E-state index in [2.05, 4.69) is 15.5 Å². The summed E-state index contributed by atoms with van der Waals surface area (Å²) in [5.41, 5.74) is 2.42. The van der Waals surface area contributed by atoms with Crippen LogP contribution in [-0.2, 0) is 21.2 Å². The highest BCUT2D eigenvalue weighted by atomic mass is 32.2. The first kappa shape index (κ1) is 19.1. The molecule has 0 aliphatic rings. The topological polar surface area (TPSA) is 108 Å². The van der Waals surface area contributed by atoms with Crippen molar-refractivity contribution in [3.63, 3.8) is 0 Å². The van der Waals surface area contributed by atoms with Crippen molar-refractivity contribution in [1.82, 2.24) is 19.8 Å². The molecule has 0 saturated heterocycles. The minimum atomic E-state index is -3.84. The quantitative estimate of drug-likeness (QED) is 0.639. The number of nitrogens with one attached hydrogen (secondary N) is 2. The second-order valence-corrected chi connectivity index (χ2v) is 8.36. The number of aryl methyl sites for hydroxylation is 2. The summed E-state index contributed by atoms with van der Waals surface area (Å²) in [6, 6.07) is 7.94. The summed E-state index contributed by atoms with van der Waals surface area (Å²) in [6.07, 6.45) is 2.57. The summed E-state index contributed by atoms with van der Waals surface area (Å²) >= 11 is 0. The number of fused-ring (bicyclic) bond motifs is 1. The Hall–Kier alpha value is -2.65. The van der Waals surface area contributed by atoms with Crippen molar-refractivity contribution in [3.8, 4) is 0 Å². The van der Waals surface area contributed by atoms with Gasteiger partial charge in [0.05, 0.1) is 6.54 Å². The van der Waals surface area contributed by atoms with E-state index in [0.717, 1.165) is 20.8 Å². The number of para-hydroxylation sites is 1. The summed E-state index contributed by atoms with van der Waals surface area (Å²) in [7, 11) is -2.48. The summed E-state index contributed by atoms with van der Waals surface area (Å²) in [4.78, 5) is 15.4. The molecule has 0 fully saturated rings. The van der Waals surface area contributed by atoms with Crippen LogP contribution < -0.4 is 5.32 Å². The van der Waals surface area contributed by atoms with E-state index in [0.29, 0.717) is 13.0 Å². The number of H-pyrrole nitrogens is 1. The van der Waals surface area contributed by atoms with E-state index in [1.165, 1.54) is 14.0 Å². The van der Waals surface area contributed by atoms with Crippen LogP contribution in [0.3, 0.4) is 0 Å². The van der Waals surface area contributed by atoms with Gasteiger partial charge in [-0.1, -0.05) is 23.4 Å². The largest absolute Gasteiger partial charge is 0.361 e. The molecule has 2 heterocycles. The van der Waals surface area contributed by atoms with E-state index >= 15 is 0 Å². The summed E-state index contributed by atoms with van der Waals surface area (Å²) in [5, 5.41) is 7.54. The number of carbonyl (C=O) groups is 1. The molecule has 0 unspecified atom stereocenters. The van der Waals surface area contributed by atoms with Crippen LogP contribution in [0.5, 0.6) is 0 Å². The molecule has 0 saturated carbocycles. The molecule has 144 valence electrons. The van der Waals surface area contributed by atoms with Gasteiger partial charge >= 0.3 is 0 Å². The van der Waals surface area contributed by atoms with Gasteiger partial charge in [0.15, 0.2) is 5.76 Å². The molecule has 3 aromatic rings. The number of amides is 1. The maximum atomic E-state index is 12.6. The summed E-state index contributed by atoms with van der Waals surface area (Å²) in [6.45, 7) is 3.22. The lowest BCUT2D eigenvalue weighted by molar-refractivity contribution is -0.121. The Bertz CT molecular complexity index is 1050. The van der Waals surface area contributed by atoms with Crippen molar-refractivity contribution in [1.29, 1.82) is 0 Å². The number of likely N-dealkylation sites (N-methyl/N-ethyl adjacent to an activating group) is 1. The third-order valence-corrected chi connectivity index (χ3v) is 6.44. The van der Waals surface area contributed by atoms with E-state index in [1.54, 1.807) is 6.92 Å². The zero-order valence-corrected chi connectivity index (χ0v) is 16.3. The molecule has 0 bridgehead atoms. The molecule has 9 heteroatoms. The number of carbonyl (C=O) groups excluding carboxylic acids is 1. The molecule has 27 heavy (non-hydrogen) atoms. The van der Waals surface area contributed by atoms with Gasteiger partial charge in [0.25, 0.3) is 0 Å². The summed E-state index contributed by atoms with van der Waals surface area (Å²) in [5.74, 6) is -0.160. The van der Waals surface area contributed by atoms with Crippen LogP contribution in [-0.4, -0.2) is 48.9 Å². The van der Waals surface area contributed by atoms with Crippen molar-refractivity contribution in [2.45, 2.75) is 25.2 Å². The minimum Gasteiger partial charge on any atom is -0.361 e. The predicted octanol–water partition coefficient (Wildman–Crippen LogP) is 1.75. The second kappa shape index (κ2) is 7.53. The fraction of sp³-hybridized carbons (Fsp3) is 0.333. The van der Waals surface area contributed by atoms with E-state index < -0.39 is 10.0 Å². The highest BCUT2D eigenvalue weighted by Crippen LogP contribution is 2.22. The monoisotopic (exact) mass is 390 g/mol. The normalized spacial score (nSPS) is 12.0. The fourth-order valence-corrected chi connectivity index (χ4v) is 4.43. The number of rotatable bonds is 7. The lowest BCUT2D eigenvalue weighted by Crippen LogP contribution is -2.39. The average Bonchev–Trinajstić information content (AvgIpc) is 3.18. The van der Waals surface area contributed by atoms with E-state index in [4.69, 9.17) is 4.52 Å². The Morgan fingerprint density at radius 2 is 2.04 bits per heavy atom. The SMILES string of the molecule is Cc1noc(C)c1S(=O)(=O)N(C)CC(=O)NCCc1c[nH]c2ccccc12. The van der Waals surface area contributed by atoms with Crippen molar-refractivity contribution in [3.05, 3.63) is 47.5 Å². The number of sulfonamides is 1. The number of nitrogens with zero attached hydrogens (tertiary/aromatic N) is 2. The van der Waals surface area contributed by atoms with Crippen LogP contribution >= 0.6 is 0 Å². The number of hydrogen-bond donors (Lipinski definition) is 2. The van der Waals surface area contributed by atoms with Gasteiger partial charge in [-0.2, -0.15) is 4.31 Å². The van der Waals surface area contributed by atoms with Gasteiger partial charge in [0, 0.05) is 30.7 Å². The molecule has 8 nitrogen and oxygen atoms in total. The Labute approximate surface area is 157 Å². The van der Waals surface area contributed by atoms with Gasteiger partial charge in [0.1, 0.15) is 10.6 Å². The van der Waals surface area contributed by atoms with Crippen LogP contribution in [0, 0.1) is 13.8 Å². The Kier molecular flexibility index (Phi) is 5.33. The van der Waals surface area contributed by atoms with Crippen molar-refractivity contribution in [2.24, 2.45) is 0 Å². The molecule has 0 radical (unpaired) electrons. The van der Waals surface area contributed by atoms with Gasteiger partial charge in [-0.05, 0) is 31.9 Å². The van der Waals surface area contributed by atoms with Gasteiger partial charge in [-0.25, -0.2) is 8.42 Å². The third kappa shape index (κ3) is 3.88. The highest BCUT2D eigenvalue weighted by Gasteiger charge is 2.29. The van der Waals surface area contributed by atoms with Crippen molar-refractivity contribution < 1.29 is 17.7 Å². The Morgan fingerprint density at radius 1 is 1.30 bits per heavy atom. The highest BCUT2D eigenvalue weighted by molar-refractivity contribution is 7.89. The molecule has 0 aliphatic heterocycles. The lowest BCUT2D eigenvalue weighted by atomic mass is 10.1. The van der Waals surface area contributed by atoms with Gasteiger partial charge in [-0.15, -0.1) is 0 Å². The molecular formula is C18H22N4O4S. The average molecular weight is 390 g/mol. The van der Waals surface area contributed by atoms with E-state index in [-0.39, 0.29) is 28.8 Å². The van der Waals surface area contributed by atoms with E-state index in [1.807, 2.05) is 30.5 Å². The Morgan fingerprint density at radius 3 is 2.74 bits per heavy atom. The number of aromatic amines is 1. The fourth-order valence-electron chi connectivity index (χ4n) is 3.02. The van der Waals surface area contributed by atoms with Crippen LogP contribution in [0.25, 0.3) is 10.9 Å². The smallest absolute Gasteiger partial charge is 0.248 e. The summed E-state index contributed by atoms with van der Waals surface area (Å²) < 4.78 is 31.2.